The number of methoxy groups -OCH3 is 2. The number of phenolic OH excluding ortho intramolecular Hbond substituents is 1. The van der Waals surface area contributed by atoms with E-state index >= 15 is 0 Å². The minimum absolute atomic E-state index is 0.00634. The predicted molar refractivity (Wildman–Crippen MR) is 68.8 cm³/mol. The Bertz CT molecular complexity index is 354. The normalized spacial score (nSPS) is 10.7. The van der Waals surface area contributed by atoms with Gasteiger partial charge in [0.15, 0.2) is 11.5 Å². The molecular weight excluding hydrogens is 234 g/mol. The van der Waals surface area contributed by atoms with Gasteiger partial charge < -0.3 is 19.4 Å². The molecule has 5 nitrogen and oxygen atoms in total. The molecule has 0 bridgehead atoms. The Morgan fingerprint density at radius 3 is 2.17 bits per heavy atom. The molecule has 0 atom stereocenters. The monoisotopic (exact) mass is 255 g/mol. The van der Waals surface area contributed by atoms with E-state index in [1.165, 1.54) is 14.2 Å². The van der Waals surface area contributed by atoms with Gasteiger partial charge in [-0.05, 0) is 23.6 Å². The quantitative estimate of drug-likeness (QED) is 0.577. The third-order valence-corrected chi connectivity index (χ3v) is 2.33. The molecule has 5 heteroatoms. The molecule has 0 radical (unpaired) electrons. The molecule has 18 heavy (non-hydrogen) atoms. The van der Waals surface area contributed by atoms with Crippen LogP contribution in [-0.4, -0.2) is 25.9 Å². The molecule has 1 aromatic carbocycles. The van der Waals surface area contributed by atoms with Gasteiger partial charge in [-0.25, -0.2) is 0 Å². The van der Waals surface area contributed by atoms with E-state index in [0.29, 0.717) is 30.6 Å². The topological polar surface area (TPSA) is 60.0 Å². The molecule has 0 heterocycles. The van der Waals surface area contributed by atoms with Crippen LogP contribution in [0, 0.1) is 5.92 Å². The number of phenols is 1. The lowest BCUT2D eigenvalue weighted by atomic mass is 10.2. The Morgan fingerprint density at radius 2 is 1.72 bits per heavy atom. The molecule has 102 valence electrons. The van der Waals surface area contributed by atoms with Crippen LogP contribution in [0.5, 0.6) is 17.2 Å². The number of hydroxylamine groups is 1. The van der Waals surface area contributed by atoms with Gasteiger partial charge in [-0.1, -0.05) is 13.8 Å². The molecule has 0 saturated carbocycles. The van der Waals surface area contributed by atoms with Gasteiger partial charge in [-0.2, -0.15) is 5.48 Å². The first-order valence-electron chi connectivity index (χ1n) is 5.87. The van der Waals surface area contributed by atoms with E-state index in [4.69, 9.17) is 14.3 Å². The zero-order chi connectivity index (χ0) is 13.5. The third kappa shape index (κ3) is 4.09. The van der Waals surface area contributed by atoms with Crippen molar-refractivity contribution in [2.75, 3.05) is 20.8 Å². The summed E-state index contributed by atoms with van der Waals surface area (Å²) in [7, 11) is 3.00. The maximum atomic E-state index is 9.76. The Morgan fingerprint density at radius 1 is 1.17 bits per heavy atom. The highest BCUT2D eigenvalue weighted by molar-refractivity contribution is 5.52. The summed E-state index contributed by atoms with van der Waals surface area (Å²) in [5.74, 6) is 1.25. The van der Waals surface area contributed by atoms with Gasteiger partial charge in [0.1, 0.15) is 0 Å². The standard InChI is InChI=1S/C13H21NO4/c1-9(2)8-18-14-7-10-5-11(16-3)13(15)12(6-10)17-4/h5-6,9,14-15H,7-8H2,1-4H3. The first-order valence-corrected chi connectivity index (χ1v) is 5.87. The van der Waals surface area contributed by atoms with Crippen LogP contribution in [-0.2, 0) is 11.4 Å². The van der Waals surface area contributed by atoms with Crippen molar-refractivity contribution in [3.05, 3.63) is 17.7 Å². The van der Waals surface area contributed by atoms with Crippen molar-refractivity contribution in [1.29, 1.82) is 0 Å². The van der Waals surface area contributed by atoms with Crippen molar-refractivity contribution >= 4 is 0 Å². The average Bonchev–Trinajstić information content (AvgIpc) is 2.35. The van der Waals surface area contributed by atoms with E-state index in [1.807, 2.05) is 0 Å². The third-order valence-electron chi connectivity index (χ3n) is 2.33. The number of aromatic hydroxyl groups is 1. The predicted octanol–water partition coefficient (Wildman–Crippen LogP) is 2.09. The summed E-state index contributed by atoms with van der Waals surface area (Å²) in [4.78, 5) is 5.28. The second-order valence-corrected chi connectivity index (χ2v) is 4.37. The van der Waals surface area contributed by atoms with Crippen molar-refractivity contribution in [1.82, 2.24) is 5.48 Å². The number of rotatable bonds is 7. The van der Waals surface area contributed by atoms with Gasteiger partial charge in [-0.3, -0.25) is 0 Å². The fourth-order valence-corrected chi connectivity index (χ4v) is 1.41. The number of benzene rings is 1. The van der Waals surface area contributed by atoms with Crippen LogP contribution < -0.4 is 15.0 Å². The molecule has 0 amide bonds. The van der Waals surface area contributed by atoms with E-state index in [2.05, 4.69) is 19.3 Å². The van der Waals surface area contributed by atoms with Crippen LogP contribution in [0.2, 0.25) is 0 Å². The highest BCUT2D eigenvalue weighted by atomic mass is 16.6. The lowest BCUT2D eigenvalue weighted by Gasteiger charge is -2.12. The van der Waals surface area contributed by atoms with Crippen molar-refractivity contribution in [3.63, 3.8) is 0 Å². The maximum absolute atomic E-state index is 9.76. The van der Waals surface area contributed by atoms with Gasteiger partial charge in [-0.15, -0.1) is 0 Å². The van der Waals surface area contributed by atoms with Crippen molar-refractivity contribution < 1.29 is 19.4 Å². The number of hydrogen-bond acceptors (Lipinski definition) is 5. The summed E-state index contributed by atoms with van der Waals surface area (Å²) >= 11 is 0. The van der Waals surface area contributed by atoms with Crippen LogP contribution in [0.4, 0.5) is 0 Å². The molecule has 0 aromatic heterocycles. The minimum Gasteiger partial charge on any atom is -0.502 e. The molecule has 0 aliphatic carbocycles. The van der Waals surface area contributed by atoms with E-state index in [9.17, 15) is 5.11 Å². The second-order valence-electron chi connectivity index (χ2n) is 4.37. The molecule has 0 saturated heterocycles. The highest BCUT2D eigenvalue weighted by Gasteiger charge is 2.10. The Hall–Kier alpha value is -1.46. The molecule has 1 aromatic rings. The van der Waals surface area contributed by atoms with Crippen LogP contribution in [0.15, 0.2) is 12.1 Å². The molecule has 1 rings (SSSR count). The number of nitrogens with one attached hydrogen (secondary N) is 1. The van der Waals surface area contributed by atoms with Gasteiger partial charge in [0.05, 0.1) is 20.8 Å². The fraction of sp³-hybridized carbons (Fsp3) is 0.538. The van der Waals surface area contributed by atoms with E-state index < -0.39 is 0 Å². The van der Waals surface area contributed by atoms with Gasteiger partial charge in [0.2, 0.25) is 5.75 Å². The van der Waals surface area contributed by atoms with E-state index in [-0.39, 0.29) is 5.75 Å². The smallest absolute Gasteiger partial charge is 0.200 e. The van der Waals surface area contributed by atoms with Crippen LogP contribution in [0.25, 0.3) is 0 Å². The van der Waals surface area contributed by atoms with Gasteiger partial charge in [0, 0.05) is 6.54 Å². The molecule has 0 aliphatic rings. The maximum Gasteiger partial charge on any atom is 0.200 e. The summed E-state index contributed by atoms with van der Waals surface area (Å²) in [6, 6.07) is 3.48. The van der Waals surface area contributed by atoms with Crippen LogP contribution in [0.3, 0.4) is 0 Å². The fourth-order valence-electron chi connectivity index (χ4n) is 1.41. The number of hydrogen-bond donors (Lipinski definition) is 2. The zero-order valence-corrected chi connectivity index (χ0v) is 11.3. The molecule has 0 fully saturated rings. The van der Waals surface area contributed by atoms with Crippen molar-refractivity contribution in [2.45, 2.75) is 20.4 Å². The Labute approximate surface area is 108 Å². The summed E-state index contributed by atoms with van der Waals surface area (Å²) in [5.41, 5.74) is 3.77. The first kappa shape index (κ1) is 14.6. The highest BCUT2D eigenvalue weighted by Crippen LogP contribution is 2.36. The minimum atomic E-state index is 0.00634. The molecular formula is C13H21NO4. The summed E-state index contributed by atoms with van der Waals surface area (Å²) in [5, 5.41) is 9.76. The molecule has 0 aliphatic heterocycles. The first-order chi connectivity index (χ1) is 8.58. The lowest BCUT2D eigenvalue weighted by molar-refractivity contribution is 0.0196. The largest absolute Gasteiger partial charge is 0.502 e. The molecule has 0 unspecified atom stereocenters. The molecule has 2 N–H and O–H groups in total. The summed E-state index contributed by atoms with van der Waals surface area (Å²) in [6.07, 6.45) is 0. The summed E-state index contributed by atoms with van der Waals surface area (Å²) < 4.78 is 10.1. The van der Waals surface area contributed by atoms with Crippen molar-refractivity contribution in [2.24, 2.45) is 5.92 Å². The van der Waals surface area contributed by atoms with Gasteiger partial charge >= 0.3 is 0 Å². The van der Waals surface area contributed by atoms with E-state index in [1.54, 1.807) is 12.1 Å². The Balaban J connectivity index is 2.65. The van der Waals surface area contributed by atoms with Crippen LogP contribution in [0.1, 0.15) is 19.4 Å². The van der Waals surface area contributed by atoms with Gasteiger partial charge in [0.25, 0.3) is 0 Å². The Kier molecular flexibility index (Phi) is 5.74. The summed E-state index contributed by atoms with van der Waals surface area (Å²) in [6.45, 7) is 5.31. The second kappa shape index (κ2) is 7.08. The zero-order valence-electron chi connectivity index (χ0n) is 11.3. The number of ether oxygens (including phenoxy) is 2. The molecule has 0 spiro atoms. The van der Waals surface area contributed by atoms with Crippen molar-refractivity contribution in [3.8, 4) is 17.2 Å². The van der Waals surface area contributed by atoms with Crippen LogP contribution >= 0.6 is 0 Å². The lowest BCUT2D eigenvalue weighted by Crippen LogP contribution is -2.17. The van der Waals surface area contributed by atoms with E-state index in [0.717, 1.165) is 5.56 Å². The SMILES string of the molecule is COc1cc(CNOCC(C)C)cc(OC)c1O. The average molecular weight is 255 g/mol.